The molecule has 1 saturated heterocycles. The highest BCUT2D eigenvalue weighted by Gasteiger charge is 2.30. The first-order valence-electron chi connectivity index (χ1n) is 12.6. The first-order chi connectivity index (χ1) is 18.4. The minimum atomic E-state index is -4.40. The van der Waals surface area contributed by atoms with Crippen molar-refractivity contribution in [2.45, 2.75) is 19.0 Å². The summed E-state index contributed by atoms with van der Waals surface area (Å²) in [5, 5.41) is 3.04. The molecule has 38 heavy (non-hydrogen) atoms. The molecule has 5 nitrogen and oxygen atoms in total. The van der Waals surface area contributed by atoms with Gasteiger partial charge in [0.1, 0.15) is 5.82 Å². The van der Waals surface area contributed by atoms with Crippen molar-refractivity contribution in [2.75, 3.05) is 24.5 Å². The van der Waals surface area contributed by atoms with Crippen molar-refractivity contribution in [3.8, 4) is 22.5 Å². The van der Waals surface area contributed by atoms with Gasteiger partial charge in [-0.25, -0.2) is 4.98 Å². The van der Waals surface area contributed by atoms with Gasteiger partial charge in [-0.1, -0.05) is 60.7 Å². The molecule has 0 aliphatic carbocycles. The van der Waals surface area contributed by atoms with Crippen LogP contribution in [0.1, 0.15) is 28.8 Å². The minimum Gasteiger partial charge on any atom is -0.355 e. The number of hydrogen-bond acceptors (Lipinski definition) is 4. The molecule has 8 heteroatoms. The lowest BCUT2D eigenvalue weighted by molar-refractivity contribution is -0.137. The van der Waals surface area contributed by atoms with E-state index in [1.165, 1.54) is 12.1 Å². The van der Waals surface area contributed by atoms with Crippen molar-refractivity contribution >= 4 is 11.7 Å². The summed E-state index contributed by atoms with van der Waals surface area (Å²) in [6.07, 6.45) is -0.903. The number of hydrogen-bond donors (Lipinski definition) is 1. The Morgan fingerprint density at radius 2 is 1.45 bits per heavy atom. The molecule has 2 heterocycles. The Balaban J connectivity index is 1.31. The van der Waals surface area contributed by atoms with Gasteiger partial charge in [-0.3, -0.25) is 9.78 Å². The average Bonchev–Trinajstić information content (AvgIpc) is 2.96. The lowest BCUT2D eigenvalue weighted by Gasteiger charge is -2.33. The molecule has 0 radical (unpaired) electrons. The quantitative estimate of drug-likeness (QED) is 0.319. The zero-order chi connectivity index (χ0) is 26.5. The van der Waals surface area contributed by atoms with Crippen LogP contribution in [0.2, 0.25) is 0 Å². The topological polar surface area (TPSA) is 58.1 Å². The molecule has 3 aromatic carbocycles. The number of alkyl halides is 3. The van der Waals surface area contributed by atoms with E-state index in [0.29, 0.717) is 35.0 Å². The fourth-order valence-corrected chi connectivity index (χ4v) is 4.65. The fraction of sp³-hybridized carbons (Fsp3) is 0.233. The Labute approximate surface area is 219 Å². The number of carbonyl (C=O) groups is 1. The molecule has 0 saturated carbocycles. The highest BCUT2D eigenvalue weighted by molar-refractivity contribution is 5.94. The molecule has 1 aliphatic rings. The summed E-state index contributed by atoms with van der Waals surface area (Å²) >= 11 is 0. The number of rotatable bonds is 6. The molecule has 5 rings (SSSR count). The van der Waals surface area contributed by atoms with Gasteiger partial charge in [0.05, 0.1) is 23.1 Å². The Morgan fingerprint density at radius 3 is 2.08 bits per heavy atom. The molecule has 1 aliphatic heterocycles. The van der Waals surface area contributed by atoms with Crippen LogP contribution < -0.4 is 10.2 Å². The van der Waals surface area contributed by atoms with Crippen LogP contribution >= 0.6 is 0 Å². The monoisotopic (exact) mass is 516 g/mol. The molecular weight excluding hydrogens is 489 g/mol. The van der Waals surface area contributed by atoms with Crippen molar-refractivity contribution in [3.63, 3.8) is 0 Å². The van der Waals surface area contributed by atoms with E-state index >= 15 is 0 Å². The van der Waals surface area contributed by atoms with Gasteiger partial charge in [-0.2, -0.15) is 13.2 Å². The van der Waals surface area contributed by atoms with Crippen LogP contribution in [0.15, 0.2) is 91.1 Å². The number of piperidine rings is 1. The van der Waals surface area contributed by atoms with Gasteiger partial charge in [0.15, 0.2) is 0 Å². The maximum Gasteiger partial charge on any atom is 0.416 e. The Kier molecular flexibility index (Phi) is 7.40. The van der Waals surface area contributed by atoms with Gasteiger partial charge in [0, 0.05) is 36.3 Å². The summed E-state index contributed by atoms with van der Waals surface area (Å²) in [5.74, 6) is 1.03. The molecule has 1 amide bonds. The molecule has 1 N–H and O–H groups in total. The van der Waals surface area contributed by atoms with E-state index in [4.69, 9.17) is 4.98 Å². The predicted octanol–water partition coefficient (Wildman–Crippen LogP) is 6.48. The second-order valence-corrected chi connectivity index (χ2v) is 9.37. The van der Waals surface area contributed by atoms with E-state index in [1.807, 2.05) is 48.5 Å². The molecule has 194 valence electrons. The van der Waals surface area contributed by atoms with Gasteiger partial charge >= 0.3 is 6.18 Å². The number of amides is 1. The minimum absolute atomic E-state index is 0.0646. The third-order valence-electron chi connectivity index (χ3n) is 6.82. The smallest absolute Gasteiger partial charge is 0.355 e. The molecule has 0 unspecified atom stereocenters. The van der Waals surface area contributed by atoms with E-state index in [2.05, 4.69) is 15.2 Å². The molecule has 0 spiro atoms. The van der Waals surface area contributed by atoms with E-state index in [-0.39, 0.29) is 5.91 Å². The Bertz CT molecular complexity index is 1370. The summed E-state index contributed by atoms with van der Waals surface area (Å²) in [6.45, 7) is 2.16. The highest BCUT2D eigenvalue weighted by atomic mass is 19.4. The number of carbonyl (C=O) groups excluding carboxylic acids is 1. The second-order valence-electron chi connectivity index (χ2n) is 9.37. The SMILES string of the molecule is O=C(NCC1CCN(c2cnc(-c3ccc(C(F)(F)F)cc3)c(-c3ccccc3)n2)CC1)c1ccccc1. The van der Waals surface area contributed by atoms with Crippen LogP contribution in [0.25, 0.3) is 22.5 Å². The van der Waals surface area contributed by atoms with Crippen molar-refractivity contribution in [1.82, 2.24) is 15.3 Å². The van der Waals surface area contributed by atoms with Crippen molar-refractivity contribution in [1.29, 1.82) is 0 Å². The normalized spacial score (nSPS) is 14.3. The molecule has 4 aromatic rings. The standard InChI is InChI=1S/C30H27F3N4O/c31-30(32,33)25-13-11-23(12-14-25)27-28(22-7-3-1-4-8-22)36-26(20-34-27)37-17-15-21(16-18-37)19-35-29(38)24-9-5-2-6-10-24/h1-14,20-21H,15-19H2,(H,35,38). The molecular formula is C30H27F3N4O. The number of nitrogens with one attached hydrogen (secondary N) is 1. The number of halogens is 3. The van der Waals surface area contributed by atoms with Crippen LogP contribution in [0.3, 0.4) is 0 Å². The lowest BCUT2D eigenvalue weighted by atomic mass is 9.96. The Morgan fingerprint density at radius 1 is 0.842 bits per heavy atom. The van der Waals surface area contributed by atoms with Gasteiger partial charge < -0.3 is 10.2 Å². The van der Waals surface area contributed by atoms with Gasteiger partial charge in [0.25, 0.3) is 5.91 Å². The predicted molar refractivity (Wildman–Crippen MR) is 142 cm³/mol. The third kappa shape index (κ3) is 5.85. The molecule has 0 bridgehead atoms. The summed E-state index contributed by atoms with van der Waals surface area (Å²) in [5.41, 5.74) is 2.53. The zero-order valence-electron chi connectivity index (χ0n) is 20.7. The van der Waals surface area contributed by atoms with Gasteiger partial charge in [-0.05, 0) is 43.0 Å². The number of nitrogens with zero attached hydrogens (tertiary/aromatic N) is 3. The van der Waals surface area contributed by atoms with Gasteiger partial charge in [-0.15, -0.1) is 0 Å². The highest BCUT2D eigenvalue weighted by Crippen LogP contribution is 2.34. The summed E-state index contributed by atoms with van der Waals surface area (Å²) in [7, 11) is 0. The number of aromatic nitrogens is 2. The van der Waals surface area contributed by atoms with Crippen LogP contribution in [0.4, 0.5) is 19.0 Å². The molecule has 0 atom stereocenters. The average molecular weight is 517 g/mol. The van der Waals surface area contributed by atoms with Crippen LogP contribution in [-0.4, -0.2) is 35.5 Å². The molecule has 1 aromatic heterocycles. The van der Waals surface area contributed by atoms with Crippen molar-refractivity contribution in [2.24, 2.45) is 5.92 Å². The Hall–Kier alpha value is -4.20. The van der Waals surface area contributed by atoms with E-state index < -0.39 is 11.7 Å². The van der Waals surface area contributed by atoms with Crippen molar-refractivity contribution < 1.29 is 18.0 Å². The van der Waals surface area contributed by atoms with Crippen LogP contribution in [-0.2, 0) is 6.18 Å². The number of anilines is 1. The van der Waals surface area contributed by atoms with Gasteiger partial charge in [0.2, 0.25) is 0 Å². The van der Waals surface area contributed by atoms with E-state index in [9.17, 15) is 18.0 Å². The third-order valence-corrected chi connectivity index (χ3v) is 6.82. The first-order valence-corrected chi connectivity index (χ1v) is 12.6. The largest absolute Gasteiger partial charge is 0.416 e. The van der Waals surface area contributed by atoms with Crippen LogP contribution in [0, 0.1) is 5.92 Å². The first kappa shape index (κ1) is 25.4. The second kappa shape index (κ2) is 11.0. The summed E-state index contributed by atoms with van der Waals surface area (Å²) in [4.78, 5) is 24.1. The van der Waals surface area contributed by atoms with E-state index in [0.717, 1.165) is 49.4 Å². The van der Waals surface area contributed by atoms with E-state index in [1.54, 1.807) is 18.3 Å². The maximum atomic E-state index is 13.1. The lowest BCUT2D eigenvalue weighted by Crippen LogP contribution is -2.39. The maximum absolute atomic E-state index is 13.1. The van der Waals surface area contributed by atoms with Crippen molar-refractivity contribution in [3.05, 3.63) is 102 Å². The summed E-state index contributed by atoms with van der Waals surface area (Å²) < 4.78 is 39.2. The fourth-order valence-electron chi connectivity index (χ4n) is 4.65. The number of benzene rings is 3. The zero-order valence-corrected chi connectivity index (χ0v) is 20.7. The summed E-state index contributed by atoms with van der Waals surface area (Å²) in [6, 6.07) is 23.7. The van der Waals surface area contributed by atoms with Crippen LogP contribution in [0.5, 0.6) is 0 Å². The molecule has 1 fully saturated rings.